The lowest BCUT2D eigenvalue weighted by atomic mass is 9.56. The van der Waals surface area contributed by atoms with Crippen molar-refractivity contribution < 1.29 is 0 Å². The summed E-state index contributed by atoms with van der Waals surface area (Å²) in [4.78, 5) is 0. The van der Waals surface area contributed by atoms with Gasteiger partial charge < -0.3 is 0 Å². The van der Waals surface area contributed by atoms with Crippen LogP contribution in [0.3, 0.4) is 0 Å². The van der Waals surface area contributed by atoms with Crippen LogP contribution in [0.1, 0.15) is 0 Å². The van der Waals surface area contributed by atoms with Crippen LogP contribution in [-0.4, -0.2) is 26.8 Å². The highest BCUT2D eigenvalue weighted by Crippen LogP contribution is 2.31. The first kappa shape index (κ1) is 18.2. The molecule has 0 aliphatic rings. The van der Waals surface area contributed by atoms with Crippen molar-refractivity contribution in [1.82, 2.24) is 0 Å². The second kappa shape index (κ2) is 6.55. The molecule has 0 aromatic rings. The predicted octanol–water partition coefficient (Wildman–Crippen LogP) is 5.90. The average Bonchev–Trinajstić information content (AvgIpc) is 1.70. The molecule has 0 saturated carbocycles. The standard InChI is InChI=1S/C9H24BBr3Si3/c1-14(2,11)7-10(8-15(3,4)12)9-16(5,6)13/h7-9H2,1-6H3. The highest BCUT2D eigenvalue weighted by atomic mass is 79.9. The van der Waals surface area contributed by atoms with Crippen molar-refractivity contribution in [2.24, 2.45) is 0 Å². The maximum absolute atomic E-state index is 3.93. The Labute approximate surface area is 129 Å². The smallest absolute Gasteiger partial charge is 0.127 e. The summed E-state index contributed by atoms with van der Waals surface area (Å²) in [7, 11) is 0. The maximum Gasteiger partial charge on any atom is 0.134 e. The highest BCUT2D eigenvalue weighted by Gasteiger charge is 2.34. The molecule has 0 fully saturated rings. The first-order chi connectivity index (χ1) is 6.79. The summed E-state index contributed by atoms with van der Waals surface area (Å²) in [5.74, 6) is 4.24. The van der Waals surface area contributed by atoms with Gasteiger partial charge in [-0.15, -0.1) is 45.9 Å². The molecule has 96 valence electrons. The third-order valence-electron chi connectivity index (χ3n) is 2.32. The van der Waals surface area contributed by atoms with Crippen LogP contribution in [0.4, 0.5) is 0 Å². The van der Waals surface area contributed by atoms with Gasteiger partial charge in [0, 0.05) is 0 Å². The number of halogens is 3. The van der Waals surface area contributed by atoms with Gasteiger partial charge >= 0.3 is 0 Å². The van der Waals surface area contributed by atoms with Crippen molar-refractivity contribution in [2.45, 2.75) is 57.1 Å². The molecule has 0 aliphatic heterocycles. The topological polar surface area (TPSA) is 0 Å². The molecule has 0 unspecified atom stereocenters. The zero-order valence-electron chi connectivity index (χ0n) is 11.3. The fourth-order valence-electron chi connectivity index (χ4n) is 2.28. The third-order valence-corrected chi connectivity index (χ3v) is 9.88. The number of rotatable bonds is 6. The molecule has 0 rings (SSSR count). The van der Waals surface area contributed by atoms with E-state index in [9.17, 15) is 0 Å². The van der Waals surface area contributed by atoms with E-state index in [0.717, 1.165) is 6.71 Å². The van der Waals surface area contributed by atoms with Gasteiger partial charge in [-0.3, -0.25) is 0 Å². The lowest BCUT2D eigenvalue weighted by Crippen LogP contribution is -2.38. The second-order valence-electron chi connectivity index (χ2n) is 6.63. The molecular weight excluding hydrogens is 443 g/mol. The van der Waals surface area contributed by atoms with Gasteiger partial charge in [0.2, 0.25) is 0 Å². The Morgan fingerprint density at radius 2 is 0.812 bits per heavy atom. The van der Waals surface area contributed by atoms with Crippen LogP contribution in [0.15, 0.2) is 0 Å². The Balaban J connectivity index is 4.53. The molecule has 0 bridgehead atoms. The van der Waals surface area contributed by atoms with Gasteiger partial charge in [0.25, 0.3) is 0 Å². The molecule has 7 heteroatoms. The van der Waals surface area contributed by atoms with Gasteiger partial charge in [-0.2, -0.15) is 0 Å². The van der Waals surface area contributed by atoms with Crippen molar-refractivity contribution in [1.29, 1.82) is 0 Å². The zero-order chi connectivity index (χ0) is 13.2. The summed E-state index contributed by atoms with van der Waals surface area (Å²) < 4.78 is 0. The summed E-state index contributed by atoms with van der Waals surface area (Å²) in [6.07, 6.45) is 0. The molecule has 0 nitrogen and oxygen atoms in total. The van der Waals surface area contributed by atoms with E-state index in [2.05, 4.69) is 85.2 Å². The fourth-order valence-corrected chi connectivity index (χ4v) is 12.2. The maximum atomic E-state index is 3.93. The molecule has 0 heterocycles. The molecule has 0 aromatic heterocycles. The lowest BCUT2D eigenvalue weighted by molar-refractivity contribution is 1.55. The Hall–Kier alpha value is 2.16. The van der Waals surface area contributed by atoms with E-state index < -0.39 is 20.1 Å². The van der Waals surface area contributed by atoms with Crippen molar-refractivity contribution in [2.75, 3.05) is 0 Å². The van der Waals surface area contributed by atoms with E-state index in [1.165, 1.54) is 17.8 Å². The Bertz CT molecular complexity index is 179. The molecule has 16 heavy (non-hydrogen) atoms. The van der Waals surface area contributed by atoms with Gasteiger partial charge in [-0.25, -0.2) is 0 Å². The largest absolute Gasteiger partial charge is 0.134 e. The van der Waals surface area contributed by atoms with E-state index in [4.69, 9.17) is 0 Å². The SMILES string of the molecule is C[Si](C)(Br)CB(C[Si](C)(C)Br)C[Si](C)(C)Br. The minimum absolute atomic E-state index is 0.906. The van der Waals surface area contributed by atoms with Crippen molar-refractivity contribution in [3.8, 4) is 0 Å². The average molecular weight is 467 g/mol. The summed E-state index contributed by atoms with van der Waals surface area (Å²) in [6.45, 7) is 12.1. The third kappa shape index (κ3) is 12.6. The van der Waals surface area contributed by atoms with Gasteiger partial charge in [0.05, 0.1) is 0 Å². The molecule has 0 N–H and O–H groups in total. The zero-order valence-corrected chi connectivity index (χ0v) is 19.1. The summed E-state index contributed by atoms with van der Waals surface area (Å²) in [5.41, 5.74) is 0. The predicted molar refractivity (Wildman–Crippen MR) is 99.4 cm³/mol. The molecule has 0 aromatic carbocycles. The van der Waals surface area contributed by atoms with Crippen molar-refractivity contribution >= 4 is 72.7 Å². The van der Waals surface area contributed by atoms with Gasteiger partial charge in [0.15, 0.2) is 0 Å². The Morgan fingerprint density at radius 1 is 0.625 bits per heavy atom. The van der Waals surface area contributed by atoms with E-state index in [1.54, 1.807) is 0 Å². The molecule has 0 aliphatic carbocycles. The quantitative estimate of drug-likeness (QED) is 0.337. The summed E-state index contributed by atoms with van der Waals surface area (Å²) in [6, 6.07) is 0. The minimum Gasteiger partial charge on any atom is -0.127 e. The van der Waals surface area contributed by atoms with Crippen LogP contribution in [0.2, 0.25) is 57.1 Å². The molecule has 0 atom stereocenters. The van der Waals surface area contributed by atoms with Crippen LogP contribution in [0.25, 0.3) is 0 Å². The fraction of sp³-hybridized carbons (Fsp3) is 1.00. The van der Waals surface area contributed by atoms with E-state index in [1.807, 2.05) is 0 Å². The van der Waals surface area contributed by atoms with E-state index in [0.29, 0.717) is 0 Å². The van der Waals surface area contributed by atoms with Gasteiger partial charge in [-0.1, -0.05) is 57.1 Å². The Morgan fingerprint density at radius 3 is 0.938 bits per heavy atom. The first-order valence-corrected chi connectivity index (χ1v) is 22.2. The van der Waals surface area contributed by atoms with Gasteiger partial charge in [0.1, 0.15) is 26.8 Å². The monoisotopic (exact) mass is 464 g/mol. The molecule has 0 saturated heterocycles. The number of hydrogen-bond acceptors (Lipinski definition) is 0. The highest BCUT2D eigenvalue weighted by molar-refractivity contribution is 9.26. The van der Waals surface area contributed by atoms with E-state index >= 15 is 0 Å². The van der Waals surface area contributed by atoms with Crippen LogP contribution in [-0.2, 0) is 0 Å². The minimum atomic E-state index is -1.10. The van der Waals surface area contributed by atoms with Crippen molar-refractivity contribution in [3.63, 3.8) is 0 Å². The Kier molecular flexibility index (Phi) is 7.43. The summed E-state index contributed by atoms with van der Waals surface area (Å²) in [5, 5.41) is 0. The molecular formula is C9H24BBr3Si3. The molecule has 0 spiro atoms. The van der Waals surface area contributed by atoms with Crippen LogP contribution in [0, 0.1) is 0 Å². The normalized spacial score (nSPS) is 14.1. The van der Waals surface area contributed by atoms with Gasteiger partial charge in [-0.05, 0) is 0 Å². The lowest BCUT2D eigenvalue weighted by Gasteiger charge is -2.28. The van der Waals surface area contributed by atoms with Crippen LogP contribution < -0.4 is 0 Å². The van der Waals surface area contributed by atoms with Crippen LogP contribution >= 0.6 is 45.9 Å². The van der Waals surface area contributed by atoms with Crippen molar-refractivity contribution in [3.05, 3.63) is 0 Å². The summed E-state index contributed by atoms with van der Waals surface area (Å²) >= 11 is 11.8. The molecule has 0 radical (unpaired) electrons. The van der Waals surface area contributed by atoms with Crippen LogP contribution in [0.5, 0.6) is 0 Å². The number of hydrogen-bond donors (Lipinski definition) is 0. The first-order valence-electron chi connectivity index (χ1n) is 5.85. The second-order valence-corrected chi connectivity index (χ2v) is 37.5. The van der Waals surface area contributed by atoms with E-state index in [-0.39, 0.29) is 0 Å². The molecule has 0 amide bonds.